The molecule has 3 amide bonds. The van der Waals surface area contributed by atoms with E-state index in [1.165, 1.54) is 0 Å². The van der Waals surface area contributed by atoms with Gasteiger partial charge in [-0.3, -0.25) is 19.2 Å². The SMILES string of the molecule is CC1CNC(=O)C(C(=O)N[C@H](C)CO)CC=CCC(CC(=O)N2CCCC2)C(=O)O1. The number of nitrogens with one attached hydrogen (secondary N) is 2. The molecule has 0 aliphatic carbocycles. The van der Waals surface area contributed by atoms with E-state index in [-0.39, 0.29) is 31.9 Å². The third-order valence-corrected chi connectivity index (χ3v) is 5.35. The van der Waals surface area contributed by atoms with Crippen LogP contribution in [0.4, 0.5) is 0 Å². The van der Waals surface area contributed by atoms with Crippen LogP contribution in [0, 0.1) is 11.8 Å². The molecule has 2 aliphatic rings. The Morgan fingerprint density at radius 3 is 2.60 bits per heavy atom. The van der Waals surface area contributed by atoms with Crippen molar-refractivity contribution in [3.63, 3.8) is 0 Å². The number of cyclic esters (lactones) is 1. The van der Waals surface area contributed by atoms with Crippen LogP contribution in [0.1, 0.15) is 46.0 Å². The number of ether oxygens (including phenoxy) is 1. The third kappa shape index (κ3) is 7.12. The van der Waals surface area contributed by atoms with E-state index in [1.807, 2.05) is 0 Å². The van der Waals surface area contributed by atoms with Crippen molar-refractivity contribution in [2.75, 3.05) is 26.2 Å². The third-order valence-electron chi connectivity index (χ3n) is 5.35. The van der Waals surface area contributed by atoms with Crippen molar-refractivity contribution in [1.29, 1.82) is 0 Å². The zero-order valence-electron chi connectivity index (χ0n) is 17.8. The summed E-state index contributed by atoms with van der Waals surface area (Å²) in [6.07, 6.45) is 5.32. The Morgan fingerprint density at radius 2 is 1.93 bits per heavy atom. The second-order valence-electron chi connectivity index (χ2n) is 8.07. The molecule has 1 fully saturated rings. The smallest absolute Gasteiger partial charge is 0.310 e. The molecule has 30 heavy (non-hydrogen) atoms. The number of carbonyl (C=O) groups is 4. The number of carbonyl (C=O) groups excluding carboxylic acids is 4. The predicted octanol–water partition coefficient (Wildman–Crippen LogP) is 0.126. The van der Waals surface area contributed by atoms with Gasteiger partial charge in [-0.05, 0) is 39.5 Å². The Bertz CT molecular complexity index is 659. The van der Waals surface area contributed by atoms with Crippen molar-refractivity contribution in [3.05, 3.63) is 12.2 Å². The number of allylic oxidation sites excluding steroid dienone is 2. The van der Waals surface area contributed by atoms with Crippen molar-refractivity contribution < 1.29 is 29.0 Å². The Labute approximate surface area is 177 Å². The number of rotatable bonds is 5. The number of aliphatic hydroxyl groups excluding tert-OH is 1. The Hall–Kier alpha value is -2.42. The molecule has 0 aromatic carbocycles. The van der Waals surface area contributed by atoms with E-state index in [0.29, 0.717) is 6.42 Å². The van der Waals surface area contributed by atoms with Gasteiger partial charge >= 0.3 is 5.97 Å². The summed E-state index contributed by atoms with van der Waals surface area (Å²) in [5.74, 6) is -3.00. The summed E-state index contributed by atoms with van der Waals surface area (Å²) in [6.45, 7) is 4.59. The zero-order chi connectivity index (χ0) is 22.1. The van der Waals surface area contributed by atoms with Crippen molar-refractivity contribution in [1.82, 2.24) is 15.5 Å². The maximum Gasteiger partial charge on any atom is 0.310 e. The maximum atomic E-state index is 12.6. The summed E-state index contributed by atoms with van der Waals surface area (Å²) in [6, 6.07) is -0.462. The van der Waals surface area contributed by atoms with Gasteiger partial charge in [0, 0.05) is 25.6 Å². The van der Waals surface area contributed by atoms with E-state index in [4.69, 9.17) is 9.84 Å². The lowest BCUT2D eigenvalue weighted by Gasteiger charge is -2.23. The summed E-state index contributed by atoms with van der Waals surface area (Å²) in [5.41, 5.74) is 0. The van der Waals surface area contributed by atoms with Gasteiger partial charge < -0.3 is 25.4 Å². The lowest BCUT2D eigenvalue weighted by Crippen LogP contribution is -2.46. The minimum absolute atomic E-state index is 0.0499. The fourth-order valence-corrected chi connectivity index (χ4v) is 3.49. The van der Waals surface area contributed by atoms with Crippen LogP contribution < -0.4 is 10.6 Å². The summed E-state index contributed by atoms with van der Waals surface area (Å²) < 4.78 is 5.43. The van der Waals surface area contributed by atoms with Crippen LogP contribution in [0.15, 0.2) is 12.2 Å². The number of nitrogens with zero attached hydrogens (tertiary/aromatic N) is 1. The number of esters is 1. The number of aliphatic hydroxyl groups is 1. The highest BCUT2D eigenvalue weighted by molar-refractivity contribution is 6.00. The first-order valence-electron chi connectivity index (χ1n) is 10.6. The molecule has 0 saturated carbocycles. The summed E-state index contributed by atoms with van der Waals surface area (Å²) in [5, 5.41) is 14.4. The van der Waals surface area contributed by atoms with Gasteiger partial charge in [-0.25, -0.2) is 0 Å². The predicted molar refractivity (Wildman–Crippen MR) is 109 cm³/mol. The van der Waals surface area contributed by atoms with E-state index >= 15 is 0 Å². The van der Waals surface area contributed by atoms with Crippen LogP contribution in [0.2, 0.25) is 0 Å². The van der Waals surface area contributed by atoms with Crippen LogP contribution in [0.3, 0.4) is 0 Å². The largest absolute Gasteiger partial charge is 0.461 e. The van der Waals surface area contributed by atoms with E-state index in [9.17, 15) is 19.2 Å². The van der Waals surface area contributed by atoms with Gasteiger partial charge in [0.15, 0.2) is 0 Å². The number of hydrogen-bond acceptors (Lipinski definition) is 6. The van der Waals surface area contributed by atoms with Gasteiger partial charge in [-0.1, -0.05) is 12.2 Å². The normalized spacial score (nSPS) is 26.8. The molecule has 3 unspecified atom stereocenters. The molecule has 0 aromatic heterocycles. The monoisotopic (exact) mass is 423 g/mol. The van der Waals surface area contributed by atoms with Gasteiger partial charge in [0.05, 0.1) is 19.1 Å². The molecule has 0 radical (unpaired) electrons. The van der Waals surface area contributed by atoms with Crippen LogP contribution in [0.25, 0.3) is 0 Å². The summed E-state index contributed by atoms with van der Waals surface area (Å²) in [7, 11) is 0. The minimum Gasteiger partial charge on any atom is -0.461 e. The van der Waals surface area contributed by atoms with Crippen LogP contribution >= 0.6 is 0 Å². The summed E-state index contributed by atoms with van der Waals surface area (Å²) in [4.78, 5) is 51.7. The van der Waals surface area contributed by atoms with Gasteiger partial charge in [-0.15, -0.1) is 0 Å². The highest BCUT2D eigenvalue weighted by Crippen LogP contribution is 2.19. The van der Waals surface area contributed by atoms with Gasteiger partial charge in [0.25, 0.3) is 0 Å². The van der Waals surface area contributed by atoms with Crippen molar-refractivity contribution >= 4 is 23.7 Å². The molecule has 0 aromatic rings. The molecule has 4 atom stereocenters. The molecule has 0 bridgehead atoms. The lowest BCUT2D eigenvalue weighted by atomic mass is 9.97. The molecule has 168 valence electrons. The van der Waals surface area contributed by atoms with Crippen molar-refractivity contribution in [2.24, 2.45) is 11.8 Å². The van der Waals surface area contributed by atoms with E-state index in [1.54, 1.807) is 30.9 Å². The topological polar surface area (TPSA) is 125 Å². The molecule has 3 N–H and O–H groups in total. The Kier molecular flexibility index (Phi) is 9.29. The summed E-state index contributed by atoms with van der Waals surface area (Å²) >= 11 is 0. The van der Waals surface area contributed by atoms with E-state index in [2.05, 4.69) is 10.6 Å². The quantitative estimate of drug-likeness (QED) is 0.328. The number of likely N-dealkylation sites (tertiary alicyclic amines) is 1. The highest BCUT2D eigenvalue weighted by Gasteiger charge is 2.30. The average molecular weight is 424 g/mol. The van der Waals surface area contributed by atoms with Crippen LogP contribution in [-0.4, -0.2) is 72.1 Å². The maximum absolute atomic E-state index is 12.6. The lowest BCUT2D eigenvalue weighted by molar-refractivity contribution is -0.156. The van der Waals surface area contributed by atoms with Crippen LogP contribution in [-0.2, 0) is 23.9 Å². The molecule has 9 nitrogen and oxygen atoms in total. The number of amides is 3. The van der Waals surface area contributed by atoms with E-state index < -0.39 is 41.8 Å². The van der Waals surface area contributed by atoms with Gasteiger partial charge in [0.2, 0.25) is 17.7 Å². The zero-order valence-corrected chi connectivity index (χ0v) is 17.8. The molecule has 2 rings (SSSR count). The molecule has 1 saturated heterocycles. The molecular formula is C21H33N3O6. The first-order valence-corrected chi connectivity index (χ1v) is 10.6. The second-order valence-corrected chi connectivity index (χ2v) is 8.07. The Morgan fingerprint density at radius 1 is 1.27 bits per heavy atom. The van der Waals surface area contributed by atoms with Crippen molar-refractivity contribution in [2.45, 2.75) is 58.1 Å². The van der Waals surface area contributed by atoms with Gasteiger partial charge in [0.1, 0.15) is 12.0 Å². The Balaban J connectivity index is 2.08. The molecule has 2 aliphatic heterocycles. The fourth-order valence-electron chi connectivity index (χ4n) is 3.49. The molecule has 2 heterocycles. The average Bonchev–Trinajstić information content (AvgIpc) is 3.24. The second kappa shape index (κ2) is 11.7. The van der Waals surface area contributed by atoms with Gasteiger partial charge in [-0.2, -0.15) is 0 Å². The first kappa shape index (κ1) is 23.9. The fraction of sp³-hybridized carbons (Fsp3) is 0.714. The van der Waals surface area contributed by atoms with E-state index in [0.717, 1.165) is 25.9 Å². The minimum atomic E-state index is -0.956. The molecule has 9 heteroatoms. The molecular weight excluding hydrogens is 390 g/mol. The standard InChI is InChI=1S/C21H33N3O6/c1-14(13-25)23-20(28)17-8-4-3-7-16(11-18(26)24-9-5-6-10-24)21(29)30-15(2)12-22-19(17)27/h3-4,14-17,25H,5-13H2,1-2H3,(H,22,27)(H,23,28)/t14-,15?,16?,17?/m1/s1. The van der Waals surface area contributed by atoms with Crippen LogP contribution in [0.5, 0.6) is 0 Å². The highest BCUT2D eigenvalue weighted by atomic mass is 16.5. The van der Waals surface area contributed by atoms with Crippen molar-refractivity contribution in [3.8, 4) is 0 Å². The molecule has 0 spiro atoms. The first-order chi connectivity index (χ1) is 14.3. The number of hydrogen-bond donors (Lipinski definition) is 3.